The minimum Gasteiger partial charge on any atom is -0.334 e. The zero-order valence-electron chi connectivity index (χ0n) is 17.6. The first-order chi connectivity index (χ1) is 12.3. The lowest BCUT2D eigenvalue weighted by Gasteiger charge is -2.16. The van der Waals surface area contributed by atoms with Crippen LogP contribution >= 0.6 is 0 Å². The predicted molar refractivity (Wildman–Crippen MR) is 112 cm³/mol. The van der Waals surface area contributed by atoms with E-state index in [9.17, 15) is 0 Å². The molecule has 0 bridgehead atoms. The largest absolute Gasteiger partial charge is 0.334 e. The van der Waals surface area contributed by atoms with E-state index >= 15 is 0 Å². The van der Waals surface area contributed by atoms with E-state index in [2.05, 4.69) is 76.1 Å². The Morgan fingerprint density at radius 1 is 0.692 bits per heavy atom. The second-order valence-electron chi connectivity index (χ2n) is 7.01. The van der Waals surface area contributed by atoms with E-state index < -0.39 is 6.48 Å². The Labute approximate surface area is 164 Å². The van der Waals surface area contributed by atoms with Crippen molar-refractivity contribution in [3.8, 4) is 0 Å². The summed E-state index contributed by atoms with van der Waals surface area (Å²) < 4.78 is 16.8. The van der Waals surface area contributed by atoms with Crippen LogP contribution in [0.3, 0.4) is 0 Å². The summed E-state index contributed by atoms with van der Waals surface area (Å²) in [4.78, 5) is 0. The van der Waals surface area contributed by atoms with Crippen LogP contribution in [0.15, 0.2) is 46.6 Å². The van der Waals surface area contributed by atoms with Crippen LogP contribution in [0, 0.1) is 0 Å². The van der Waals surface area contributed by atoms with E-state index in [1.54, 1.807) is 0 Å². The normalized spacial score (nSPS) is 13.5. The molecule has 0 spiro atoms. The third-order valence-electron chi connectivity index (χ3n) is 3.73. The van der Waals surface area contributed by atoms with E-state index in [0.29, 0.717) is 19.4 Å². The van der Waals surface area contributed by atoms with E-state index in [1.807, 2.05) is 0 Å². The Morgan fingerprint density at radius 2 is 1.12 bits per heavy atom. The van der Waals surface area contributed by atoms with Crippen LogP contribution in [0.4, 0.5) is 0 Å². The van der Waals surface area contributed by atoms with Crippen LogP contribution in [0.1, 0.15) is 67.2 Å². The number of hydrogen-bond acceptors (Lipinski definition) is 3. The van der Waals surface area contributed by atoms with Crippen LogP contribution < -0.4 is 0 Å². The minimum absolute atomic E-state index is 0.372. The van der Waals surface area contributed by atoms with Gasteiger partial charge in [-0.3, -0.25) is 0 Å². The van der Waals surface area contributed by atoms with Gasteiger partial charge in [0.05, 0.1) is 23.5 Å². The monoisotopic (exact) mass is 377 g/mol. The summed E-state index contributed by atoms with van der Waals surface area (Å²) in [5.74, 6) is 0. The average molecular weight is 378 g/mol. The van der Waals surface area contributed by atoms with Gasteiger partial charge in [-0.25, -0.2) is 0 Å². The summed E-state index contributed by atoms with van der Waals surface area (Å²) in [5, 5.41) is 0. The highest BCUT2D eigenvalue weighted by Crippen LogP contribution is 2.09. The minimum atomic E-state index is -0.656. The molecule has 3 nitrogen and oxygen atoms in total. The lowest BCUT2D eigenvalue weighted by Crippen LogP contribution is -2.22. The maximum Gasteiger partial charge on any atom is 0.271 e. The summed E-state index contributed by atoms with van der Waals surface area (Å²) in [6.07, 6.45) is 13.3. The van der Waals surface area contributed by atoms with Gasteiger partial charge in [0.15, 0.2) is 0 Å². The molecule has 0 saturated carbocycles. The van der Waals surface area contributed by atoms with Crippen molar-refractivity contribution in [2.75, 3.05) is 19.4 Å². The van der Waals surface area contributed by atoms with Crippen molar-refractivity contribution < 1.29 is 14.2 Å². The van der Waals surface area contributed by atoms with Crippen LogP contribution in [0.5, 0.6) is 0 Å². The topological polar surface area (TPSA) is 27.7 Å². The highest BCUT2D eigenvalue weighted by molar-refractivity contribution is 6.08. The SMILES string of the molecule is CC(C)=CCCC(C)=CCOC(OC[Si])OCC=C(C)CCC=C(C)C. The Morgan fingerprint density at radius 3 is 1.46 bits per heavy atom. The predicted octanol–water partition coefficient (Wildman–Crippen LogP) is 5.83. The van der Waals surface area contributed by atoms with Gasteiger partial charge >= 0.3 is 0 Å². The van der Waals surface area contributed by atoms with E-state index in [0.717, 1.165) is 25.7 Å². The molecular weight excluding hydrogens is 340 g/mol. The standard InChI is InChI=1S/C22H37O3Si/c1-18(2)9-7-11-20(5)13-15-23-22(25-17-26)24-16-14-21(6)12-8-10-19(3)4/h9-10,13-14,22H,7-8,11-12,15-17H2,1-6H3. The molecule has 0 N–H and O–H groups in total. The molecule has 0 aromatic rings. The average Bonchev–Trinajstić information content (AvgIpc) is 2.54. The summed E-state index contributed by atoms with van der Waals surface area (Å²) in [6.45, 7) is 13.1. The first-order valence-electron chi connectivity index (χ1n) is 9.42. The van der Waals surface area contributed by atoms with Crippen molar-refractivity contribution in [3.05, 3.63) is 46.6 Å². The molecule has 0 saturated heterocycles. The van der Waals surface area contributed by atoms with Crippen molar-refractivity contribution >= 4 is 10.2 Å². The fourth-order valence-electron chi connectivity index (χ4n) is 2.13. The molecule has 3 radical (unpaired) electrons. The lowest BCUT2D eigenvalue weighted by molar-refractivity contribution is -0.272. The zero-order chi connectivity index (χ0) is 19.8. The van der Waals surface area contributed by atoms with Crippen LogP contribution in [0.2, 0.25) is 0 Å². The Bertz CT molecular complexity index is 440. The molecule has 0 aliphatic heterocycles. The summed E-state index contributed by atoms with van der Waals surface area (Å²) in [6, 6.07) is 0. The highest BCUT2D eigenvalue weighted by atomic mass is 28.1. The van der Waals surface area contributed by atoms with Crippen molar-refractivity contribution in [2.45, 2.75) is 73.7 Å². The van der Waals surface area contributed by atoms with Crippen molar-refractivity contribution in [1.29, 1.82) is 0 Å². The second-order valence-corrected chi connectivity index (χ2v) is 7.30. The fraction of sp³-hybridized carbons (Fsp3) is 0.636. The molecule has 0 amide bonds. The molecule has 0 fully saturated rings. The van der Waals surface area contributed by atoms with E-state index in [4.69, 9.17) is 14.2 Å². The molecule has 0 aromatic carbocycles. The van der Waals surface area contributed by atoms with Gasteiger partial charge < -0.3 is 14.2 Å². The smallest absolute Gasteiger partial charge is 0.271 e. The summed E-state index contributed by atoms with van der Waals surface area (Å²) >= 11 is 0. The van der Waals surface area contributed by atoms with Crippen LogP contribution in [-0.2, 0) is 14.2 Å². The molecular formula is C22H37O3Si. The molecule has 0 aliphatic carbocycles. The van der Waals surface area contributed by atoms with Crippen molar-refractivity contribution in [3.63, 3.8) is 0 Å². The van der Waals surface area contributed by atoms with Gasteiger partial charge in [-0.1, -0.05) is 46.6 Å². The van der Waals surface area contributed by atoms with Gasteiger partial charge in [0.1, 0.15) is 0 Å². The molecule has 0 aromatic heterocycles. The molecule has 0 aliphatic rings. The first-order valence-corrected chi connectivity index (χ1v) is 10.1. The van der Waals surface area contributed by atoms with Crippen molar-refractivity contribution in [1.82, 2.24) is 0 Å². The van der Waals surface area contributed by atoms with Gasteiger partial charge in [-0.2, -0.15) is 0 Å². The number of hydrogen-bond donors (Lipinski definition) is 0. The summed E-state index contributed by atoms with van der Waals surface area (Å²) in [7, 11) is 3.31. The molecule has 0 heterocycles. The third kappa shape index (κ3) is 16.5. The molecule has 26 heavy (non-hydrogen) atoms. The van der Waals surface area contributed by atoms with Gasteiger partial charge in [0, 0.05) is 6.23 Å². The van der Waals surface area contributed by atoms with Crippen LogP contribution in [0.25, 0.3) is 0 Å². The number of ether oxygens (including phenoxy) is 3. The Hall–Kier alpha value is -0.943. The molecule has 0 atom stereocenters. The van der Waals surface area contributed by atoms with Gasteiger partial charge in [0.25, 0.3) is 6.48 Å². The Balaban J connectivity index is 4.19. The second kappa shape index (κ2) is 16.2. The Kier molecular flexibility index (Phi) is 15.7. The van der Waals surface area contributed by atoms with Gasteiger partial charge in [0.2, 0.25) is 0 Å². The highest BCUT2D eigenvalue weighted by Gasteiger charge is 2.07. The van der Waals surface area contributed by atoms with Crippen LogP contribution in [-0.4, -0.2) is 36.2 Å². The zero-order valence-corrected chi connectivity index (χ0v) is 18.6. The third-order valence-corrected chi connectivity index (χ3v) is 3.90. The molecule has 0 unspecified atom stereocenters. The van der Waals surface area contributed by atoms with E-state index in [1.165, 1.54) is 22.3 Å². The van der Waals surface area contributed by atoms with Gasteiger partial charge in [-0.05, 0) is 67.2 Å². The molecule has 0 rings (SSSR count). The maximum atomic E-state index is 5.67. The van der Waals surface area contributed by atoms with Gasteiger partial charge in [-0.15, -0.1) is 0 Å². The number of rotatable bonds is 14. The van der Waals surface area contributed by atoms with E-state index in [-0.39, 0.29) is 0 Å². The quantitative estimate of drug-likeness (QED) is 0.216. The first kappa shape index (κ1) is 25.1. The number of allylic oxidation sites excluding steroid dienone is 6. The van der Waals surface area contributed by atoms with Crippen molar-refractivity contribution in [2.24, 2.45) is 0 Å². The molecule has 4 heteroatoms. The summed E-state index contributed by atoms with van der Waals surface area (Å²) in [5.41, 5.74) is 5.35. The lowest BCUT2D eigenvalue weighted by atomic mass is 10.1. The molecule has 147 valence electrons. The fourth-order valence-corrected chi connectivity index (χ4v) is 2.27. The maximum absolute atomic E-state index is 5.67.